The van der Waals surface area contributed by atoms with E-state index >= 15 is 0 Å². The van der Waals surface area contributed by atoms with Gasteiger partial charge in [0, 0.05) is 24.8 Å². The molecule has 0 atom stereocenters. The summed E-state index contributed by atoms with van der Waals surface area (Å²) in [6, 6.07) is 9.29. The molecule has 2 aromatic rings. The van der Waals surface area contributed by atoms with Crippen molar-refractivity contribution in [3.05, 3.63) is 47.7 Å². The van der Waals surface area contributed by atoms with Crippen molar-refractivity contribution < 1.29 is 14.3 Å². The summed E-state index contributed by atoms with van der Waals surface area (Å²) in [7, 11) is 0. The molecular formula is C19H23N3O3. The van der Waals surface area contributed by atoms with Crippen LogP contribution in [0.3, 0.4) is 0 Å². The van der Waals surface area contributed by atoms with Crippen molar-refractivity contribution in [1.29, 1.82) is 0 Å². The summed E-state index contributed by atoms with van der Waals surface area (Å²) in [5.41, 5.74) is 1.66. The molecule has 0 spiro atoms. The predicted octanol–water partition coefficient (Wildman–Crippen LogP) is 3.20. The second kappa shape index (κ2) is 7.88. The first-order chi connectivity index (χ1) is 12.1. The van der Waals surface area contributed by atoms with Gasteiger partial charge in [0.1, 0.15) is 5.82 Å². The first-order valence-electron chi connectivity index (χ1n) is 8.48. The molecular weight excluding hydrogens is 318 g/mol. The lowest BCUT2D eigenvalue weighted by Gasteiger charge is -2.09. The van der Waals surface area contributed by atoms with E-state index in [1.165, 1.54) is 0 Å². The highest BCUT2D eigenvalue weighted by Crippen LogP contribution is 2.32. The molecule has 132 valence electrons. The van der Waals surface area contributed by atoms with Gasteiger partial charge in [-0.15, -0.1) is 0 Å². The highest BCUT2D eigenvalue weighted by Gasteiger charge is 2.13. The average Bonchev–Trinajstić information content (AvgIpc) is 3.07. The van der Waals surface area contributed by atoms with Crippen molar-refractivity contribution >= 4 is 11.7 Å². The number of rotatable bonds is 7. The maximum absolute atomic E-state index is 12.2. The van der Waals surface area contributed by atoms with Gasteiger partial charge in [0.2, 0.25) is 6.79 Å². The summed E-state index contributed by atoms with van der Waals surface area (Å²) < 4.78 is 10.7. The number of aromatic nitrogens is 1. The molecule has 2 N–H and O–H groups in total. The Morgan fingerprint density at radius 2 is 2.04 bits per heavy atom. The van der Waals surface area contributed by atoms with Gasteiger partial charge in [-0.1, -0.05) is 19.9 Å². The molecule has 2 heterocycles. The largest absolute Gasteiger partial charge is 0.454 e. The number of anilines is 1. The van der Waals surface area contributed by atoms with Crippen LogP contribution in [0.4, 0.5) is 5.82 Å². The van der Waals surface area contributed by atoms with E-state index in [-0.39, 0.29) is 12.7 Å². The van der Waals surface area contributed by atoms with Gasteiger partial charge in [0.05, 0.1) is 0 Å². The highest BCUT2D eigenvalue weighted by molar-refractivity contribution is 5.94. The fourth-order valence-corrected chi connectivity index (χ4v) is 2.49. The van der Waals surface area contributed by atoms with Crippen molar-refractivity contribution in [3.8, 4) is 11.5 Å². The van der Waals surface area contributed by atoms with Gasteiger partial charge in [-0.05, 0) is 42.2 Å². The van der Waals surface area contributed by atoms with E-state index in [1.807, 2.05) is 18.2 Å². The van der Waals surface area contributed by atoms with E-state index in [0.29, 0.717) is 30.4 Å². The zero-order valence-corrected chi connectivity index (χ0v) is 14.5. The summed E-state index contributed by atoms with van der Waals surface area (Å²) in [6.45, 7) is 5.80. The summed E-state index contributed by atoms with van der Waals surface area (Å²) in [5.74, 6) is 2.67. The second-order valence-corrected chi connectivity index (χ2v) is 6.41. The molecule has 25 heavy (non-hydrogen) atoms. The zero-order chi connectivity index (χ0) is 17.6. The van der Waals surface area contributed by atoms with Crippen LogP contribution in [0, 0.1) is 5.92 Å². The third kappa shape index (κ3) is 4.62. The van der Waals surface area contributed by atoms with Crippen LogP contribution in [0.15, 0.2) is 36.5 Å². The quantitative estimate of drug-likeness (QED) is 0.809. The number of benzene rings is 1. The van der Waals surface area contributed by atoms with Crippen LogP contribution in [0.25, 0.3) is 0 Å². The number of nitrogens with one attached hydrogen (secondary N) is 2. The third-order valence-electron chi connectivity index (χ3n) is 3.94. The maximum atomic E-state index is 12.2. The van der Waals surface area contributed by atoms with E-state index in [1.54, 1.807) is 18.3 Å². The Balaban J connectivity index is 1.57. The van der Waals surface area contributed by atoms with E-state index < -0.39 is 0 Å². The van der Waals surface area contributed by atoms with E-state index in [9.17, 15) is 4.79 Å². The number of carbonyl (C=O) groups excluding carboxylic acids is 1. The number of pyridine rings is 1. The molecule has 1 aliphatic heterocycles. The van der Waals surface area contributed by atoms with Gasteiger partial charge in [-0.3, -0.25) is 4.79 Å². The van der Waals surface area contributed by atoms with E-state index in [0.717, 1.165) is 23.5 Å². The van der Waals surface area contributed by atoms with Gasteiger partial charge < -0.3 is 20.1 Å². The lowest BCUT2D eigenvalue weighted by atomic mass is 10.1. The van der Waals surface area contributed by atoms with Crippen molar-refractivity contribution in [2.24, 2.45) is 5.92 Å². The topological polar surface area (TPSA) is 72.5 Å². The van der Waals surface area contributed by atoms with Crippen molar-refractivity contribution in [1.82, 2.24) is 10.3 Å². The summed E-state index contributed by atoms with van der Waals surface area (Å²) >= 11 is 0. The monoisotopic (exact) mass is 341 g/mol. The molecule has 1 aliphatic rings. The standard InChI is InChI=1S/C19H23N3O3/c1-13(2)5-7-21-19(23)15-6-8-20-18(10-15)22-11-14-3-4-16-17(9-14)25-12-24-16/h3-4,6,8-10,13H,5,7,11-12H2,1-2H3,(H,20,22)(H,21,23). The lowest BCUT2D eigenvalue weighted by molar-refractivity contribution is 0.0952. The van der Waals surface area contributed by atoms with Crippen LogP contribution in [0.1, 0.15) is 36.2 Å². The number of hydrogen-bond donors (Lipinski definition) is 2. The molecule has 0 saturated heterocycles. The first-order valence-corrected chi connectivity index (χ1v) is 8.48. The Hall–Kier alpha value is -2.76. The molecule has 3 rings (SSSR count). The fourth-order valence-electron chi connectivity index (χ4n) is 2.49. The maximum Gasteiger partial charge on any atom is 0.251 e. The van der Waals surface area contributed by atoms with Gasteiger partial charge in [0.25, 0.3) is 5.91 Å². The smallest absolute Gasteiger partial charge is 0.251 e. The molecule has 6 heteroatoms. The third-order valence-corrected chi connectivity index (χ3v) is 3.94. The average molecular weight is 341 g/mol. The van der Waals surface area contributed by atoms with Crippen molar-refractivity contribution in [3.63, 3.8) is 0 Å². The van der Waals surface area contributed by atoms with Gasteiger partial charge >= 0.3 is 0 Å². The Bertz CT molecular complexity index is 746. The van der Waals surface area contributed by atoms with Crippen LogP contribution in [0.2, 0.25) is 0 Å². The van der Waals surface area contributed by atoms with Crippen LogP contribution >= 0.6 is 0 Å². The summed E-state index contributed by atoms with van der Waals surface area (Å²) in [4.78, 5) is 16.5. The predicted molar refractivity (Wildman–Crippen MR) is 95.9 cm³/mol. The number of carbonyl (C=O) groups is 1. The normalized spacial score (nSPS) is 12.3. The molecule has 0 saturated carbocycles. The zero-order valence-electron chi connectivity index (χ0n) is 14.5. The van der Waals surface area contributed by atoms with E-state index in [2.05, 4.69) is 29.5 Å². The molecule has 0 radical (unpaired) electrons. The Morgan fingerprint density at radius 3 is 2.88 bits per heavy atom. The SMILES string of the molecule is CC(C)CCNC(=O)c1ccnc(NCc2ccc3c(c2)OCO3)c1. The lowest BCUT2D eigenvalue weighted by Crippen LogP contribution is -2.25. The first kappa shape index (κ1) is 17.1. The number of hydrogen-bond acceptors (Lipinski definition) is 5. The second-order valence-electron chi connectivity index (χ2n) is 6.41. The summed E-state index contributed by atoms with van der Waals surface area (Å²) in [6.07, 6.45) is 2.60. The minimum absolute atomic E-state index is 0.0748. The number of amides is 1. The molecule has 6 nitrogen and oxygen atoms in total. The number of ether oxygens (including phenoxy) is 2. The molecule has 1 aromatic heterocycles. The van der Waals surface area contributed by atoms with Gasteiger partial charge in [-0.25, -0.2) is 4.98 Å². The minimum atomic E-state index is -0.0748. The van der Waals surface area contributed by atoms with Crippen molar-refractivity contribution in [2.75, 3.05) is 18.7 Å². The number of nitrogens with zero attached hydrogens (tertiary/aromatic N) is 1. The highest BCUT2D eigenvalue weighted by atomic mass is 16.7. The van der Waals surface area contributed by atoms with E-state index in [4.69, 9.17) is 9.47 Å². The van der Waals surface area contributed by atoms with Crippen LogP contribution in [-0.4, -0.2) is 24.2 Å². The Labute approximate surface area is 147 Å². The molecule has 0 unspecified atom stereocenters. The van der Waals surface area contributed by atoms with Crippen LogP contribution in [-0.2, 0) is 6.54 Å². The van der Waals surface area contributed by atoms with Crippen LogP contribution < -0.4 is 20.1 Å². The van der Waals surface area contributed by atoms with Crippen LogP contribution in [0.5, 0.6) is 11.5 Å². The summed E-state index contributed by atoms with van der Waals surface area (Å²) in [5, 5.41) is 6.17. The number of fused-ring (bicyclic) bond motifs is 1. The Kier molecular flexibility index (Phi) is 5.38. The fraction of sp³-hybridized carbons (Fsp3) is 0.368. The molecule has 0 fully saturated rings. The molecule has 1 aromatic carbocycles. The minimum Gasteiger partial charge on any atom is -0.454 e. The molecule has 1 amide bonds. The van der Waals surface area contributed by atoms with Gasteiger partial charge in [-0.2, -0.15) is 0 Å². The Morgan fingerprint density at radius 1 is 1.20 bits per heavy atom. The molecule has 0 aliphatic carbocycles. The van der Waals surface area contributed by atoms with Gasteiger partial charge in [0.15, 0.2) is 11.5 Å². The molecule has 0 bridgehead atoms. The van der Waals surface area contributed by atoms with Crippen molar-refractivity contribution in [2.45, 2.75) is 26.8 Å².